The van der Waals surface area contributed by atoms with Gasteiger partial charge in [0.05, 0.1) is 16.6 Å². The van der Waals surface area contributed by atoms with E-state index >= 15 is 0 Å². The third kappa shape index (κ3) is 5.61. The maximum absolute atomic E-state index is 13.3. The first-order valence-electron chi connectivity index (χ1n) is 10.5. The number of hydrogen-bond acceptors (Lipinski definition) is 4. The Morgan fingerprint density at radius 1 is 1.00 bits per heavy atom. The van der Waals surface area contributed by atoms with Crippen LogP contribution in [0.5, 0.6) is 0 Å². The number of nitrogens with one attached hydrogen (secondary N) is 2. The molecular formula is C25H23ClN2O4S. The molecule has 1 heterocycles. The molecule has 0 aromatic heterocycles. The highest BCUT2D eigenvalue weighted by molar-refractivity contribution is 7.91. The molecule has 33 heavy (non-hydrogen) atoms. The Balaban J connectivity index is 1.56. The quantitative estimate of drug-likeness (QED) is 0.530. The predicted octanol–water partition coefficient (Wildman–Crippen LogP) is 4.10. The van der Waals surface area contributed by atoms with Gasteiger partial charge in [-0.25, -0.2) is 8.42 Å². The molecule has 1 aliphatic rings. The van der Waals surface area contributed by atoms with Gasteiger partial charge in [-0.05, 0) is 53.4 Å². The summed E-state index contributed by atoms with van der Waals surface area (Å²) in [5.41, 5.74) is 2.89. The molecule has 0 saturated heterocycles. The molecule has 1 atom stereocenters. The minimum atomic E-state index is -3.78. The van der Waals surface area contributed by atoms with E-state index in [1.807, 2.05) is 18.2 Å². The molecule has 8 heteroatoms. The van der Waals surface area contributed by atoms with E-state index in [1.54, 1.807) is 48.5 Å². The van der Waals surface area contributed by atoms with Gasteiger partial charge in [-0.3, -0.25) is 9.59 Å². The second kappa shape index (κ2) is 9.77. The standard InChI is InChI=1S/C25H23ClN2O4S/c26-20-9-6-17(7-10-20)15-27-25(30)22(18-4-2-1-3-5-18)16-33(31,32)21-11-12-23-19(14-21)8-13-24(29)28-23/h1-7,9-12,14,22H,8,13,15-16H2,(H,27,30)(H,28,29). The zero-order valence-electron chi connectivity index (χ0n) is 17.8. The topological polar surface area (TPSA) is 92.3 Å². The van der Waals surface area contributed by atoms with Crippen molar-refractivity contribution in [2.45, 2.75) is 30.2 Å². The Kier molecular flexibility index (Phi) is 6.81. The maximum Gasteiger partial charge on any atom is 0.228 e. The van der Waals surface area contributed by atoms with Gasteiger partial charge in [0.2, 0.25) is 11.8 Å². The number of amides is 2. The minimum absolute atomic E-state index is 0.0837. The summed E-state index contributed by atoms with van der Waals surface area (Å²) in [5.74, 6) is -1.70. The molecule has 2 amide bonds. The van der Waals surface area contributed by atoms with Crippen molar-refractivity contribution in [2.75, 3.05) is 11.1 Å². The molecule has 0 fully saturated rings. The molecule has 0 radical (unpaired) electrons. The van der Waals surface area contributed by atoms with Gasteiger partial charge in [-0.1, -0.05) is 54.1 Å². The fourth-order valence-electron chi connectivity index (χ4n) is 3.79. The Labute approximate surface area is 197 Å². The van der Waals surface area contributed by atoms with Gasteiger partial charge in [0, 0.05) is 23.7 Å². The fourth-order valence-corrected chi connectivity index (χ4v) is 5.49. The zero-order valence-corrected chi connectivity index (χ0v) is 19.3. The van der Waals surface area contributed by atoms with Crippen LogP contribution in [0.2, 0.25) is 5.02 Å². The number of hydrogen-bond donors (Lipinski definition) is 2. The second-order valence-electron chi connectivity index (χ2n) is 7.96. The molecule has 0 saturated carbocycles. The third-order valence-electron chi connectivity index (χ3n) is 5.62. The zero-order chi connectivity index (χ0) is 23.4. The van der Waals surface area contributed by atoms with Crippen molar-refractivity contribution in [3.8, 4) is 0 Å². The van der Waals surface area contributed by atoms with Gasteiger partial charge >= 0.3 is 0 Å². The number of rotatable bonds is 7. The molecule has 0 bridgehead atoms. The molecule has 0 aliphatic carbocycles. The number of carbonyl (C=O) groups excluding carboxylic acids is 2. The molecule has 170 valence electrons. The molecule has 2 N–H and O–H groups in total. The maximum atomic E-state index is 13.3. The van der Waals surface area contributed by atoms with E-state index < -0.39 is 15.8 Å². The van der Waals surface area contributed by atoms with E-state index in [-0.39, 0.29) is 29.0 Å². The minimum Gasteiger partial charge on any atom is -0.351 e. The van der Waals surface area contributed by atoms with Crippen LogP contribution in [0.3, 0.4) is 0 Å². The lowest BCUT2D eigenvalue weighted by Gasteiger charge is -2.20. The summed E-state index contributed by atoms with van der Waals surface area (Å²) in [5, 5.41) is 6.20. The van der Waals surface area contributed by atoms with Crippen LogP contribution in [-0.2, 0) is 32.4 Å². The highest BCUT2D eigenvalue weighted by atomic mass is 35.5. The smallest absolute Gasteiger partial charge is 0.228 e. The van der Waals surface area contributed by atoms with Crippen LogP contribution in [0, 0.1) is 0 Å². The van der Waals surface area contributed by atoms with Crippen LogP contribution in [0.25, 0.3) is 0 Å². The number of benzene rings is 3. The third-order valence-corrected chi connectivity index (χ3v) is 7.61. The lowest BCUT2D eigenvalue weighted by molar-refractivity contribution is -0.122. The number of aryl methyl sites for hydroxylation is 1. The van der Waals surface area contributed by atoms with E-state index in [4.69, 9.17) is 11.6 Å². The molecular weight excluding hydrogens is 460 g/mol. The molecule has 4 rings (SSSR count). The van der Waals surface area contributed by atoms with Gasteiger partial charge in [0.25, 0.3) is 0 Å². The summed E-state index contributed by atoms with van der Waals surface area (Å²) in [6.45, 7) is 0.262. The summed E-state index contributed by atoms with van der Waals surface area (Å²) < 4.78 is 26.6. The SMILES string of the molecule is O=C1CCc2cc(S(=O)(=O)CC(C(=O)NCc3ccc(Cl)cc3)c3ccccc3)ccc2N1. The lowest BCUT2D eigenvalue weighted by Crippen LogP contribution is -2.33. The van der Waals surface area contributed by atoms with Crippen molar-refractivity contribution in [1.29, 1.82) is 0 Å². The fraction of sp³-hybridized carbons (Fsp3) is 0.200. The van der Waals surface area contributed by atoms with E-state index in [1.165, 1.54) is 6.07 Å². The van der Waals surface area contributed by atoms with Gasteiger partial charge in [-0.2, -0.15) is 0 Å². The monoisotopic (exact) mass is 482 g/mol. The van der Waals surface area contributed by atoms with E-state index in [9.17, 15) is 18.0 Å². The lowest BCUT2D eigenvalue weighted by atomic mass is 10.00. The van der Waals surface area contributed by atoms with Crippen LogP contribution in [-0.4, -0.2) is 26.0 Å². The highest BCUT2D eigenvalue weighted by Gasteiger charge is 2.29. The highest BCUT2D eigenvalue weighted by Crippen LogP contribution is 2.28. The van der Waals surface area contributed by atoms with Gasteiger partial charge in [0.1, 0.15) is 0 Å². The second-order valence-corrected chi connectivity index (χ2v) is 10.4. The van der Waals surface area contributed by atoms with Crippen LogP contribution in [0.15, 0.2) is 77.7 Å². The van der Waals surface area contributed by atoms with Crippen molar-refractivity contribution in [3.63, 3.8) is 0 Å². The molecule has 1 unspecified atom stereocenters. The summed E-state index contributed by atoms with van der Waals surface area (Å²) in [6, 6.07) is 20.7. The summed E-state index contributed by atoms with van der Waals surface area (Å²) in [7, 11) is -3.78. The summed E-state index contributed by atoms with van der Waals surface area (Å²) in [4.78, 5) is 24.8. The predicted molar refractivity (Wildman–Crippen MR) is 128 cm³/mol. The largest absolute Gasteiger partial charge is 0.351 e. The van der Waals surface area contributed by atoms with Gasteiger partial charge < -0.3 is 10.6 Å². The number of halogens is 1. The van der Waals surface area contributed by atoms with Crippen molar-refractivity contribution in [1.82, 2.24) is 5.32 Å². The molecule has 6 nitrogen and oxygen atoms in total. The van der Waals surface area contributed by atoms with E-state index in [0.29, 0.717) is 29.1 Å². The number of carbonyl (C=O) groups is 2. The summed E-state index contributed by atoms with van der Waals surface area (Å²) >= 11 is 5.91. The van der Waals surface area contributed by atoms with Crippen molar-refractivity contribution in [2.24, 2.45) is 0 Å². The Morgan fingerprint density at radius 3 is 2.45 bits per heavy atom. The molecule has 0 spiro atoms. The Bertz CT molecular complexity index is 1280. The molecule has 1 aliphatic heterocycles. The number of anilines is 1. The van der Waals surface area contributed by atoms with E-state index in [0.717, 1.165) is 11.1 Å². The first-order valence-corrected chi connectivity index (χ1v) is 12.6. The van der Waals surface area contributed by atoms with Crippen molar-refractivity contribution < 1.29 is 18.0 Å². The first kappa shape index (κ1) is 23.0. The van der Waals surface area contributed by atoms with Crippen LogP contribution in [0.1, 0.15) is 29.0 Å². The summed E-state index contributed by atoms with van der Waals surface area (Å²) in [6.07, 6.45) is 0.796. The first-order chi connectivity index (χ1) is 15.8. The van der Waals surface area contributed by atoms with Crippen LogP contribution < -0.4 is 10.6 Å². The molecule has 3 aromatic rings. The van der Waals surface area contributed by atoms with Crippen molar-refractivity contribution in [3.05, 3.63) is 94.5 Å². The van der Waals surface area contributed by atoms with E-state index in [2.05, 4.69) is 10.6 Å². The van der Waals surface area contributed by atoms with Crippen LogP contribution in [0.4, 0.5) is 5.69 Å². The van der Waals surface area contributed by atoms with Gasteiger partial charge in [-0.15, -0.1) is 0 Å². The average molecular weight is 483 g/mol. The van der Waals surface area contributed by atoms with Crippen LogP contribution >= 0.6 is 11.6 Å². The number of fused-ring (bicyclic) bond motifs is 1. The Morgan fingerprint density at radius 2 is 1.73 bits per heavy atom. The average Bonchev–Trinajstić information content (AvgIpc) is 2.82. The van der Waals surface area contributed by atoms with Crippen molar-refractivity contribution >= 4 is 38.9 Å². The normalized spacial score (nSPS) is 14.2. The van der Waals surface area contributed by atoms with Gasteiger partial charge in [0.15, 0.2) is 9.84 Å². The number of sulfone groups is 1. The Hall–Kier alpha value is -3.16. The molecule has 3 aromatic carbocycles.